The van der Waals surface area contributed by atoms with E-state index in [-0.39, 0.29) is 38.1 Å². The van der Waals surface area contributed by atoms with Crippen LogP contribution in [0, 0.1) is 0 Å². The summed E-state index contributed by atoms with van der Waals surface area (Å²) in [4.78, 5) is 37.3. The smallest absolute Gasteiger partial charge is 0.325 e. The molecule has 22 heavy (non-hydrogen) atoms. The van der Waals surface area contributed by atoms with Crippen molar-refractivity contribution in [2.75, 3.05) is 33.7 Å². The Bertz CT molecular complexity index is 519. The molecular formula is C15H21N3O4. The van der Waals surface area contributed by atoms with Gasteiger partial charge in [0, 0.05) is 14.1 Å². The monoisotopic (exact) mass is 307 g/mol. The van der Waals surface area contributed by atoms with Crippen molar-refractivity contribution in [1.82, 2.24) is 9.80 Å². The molecule has 1 rings (SSSR count). The number of nitrogens with zero attached hydrogens (tertiary/aromatic N) is 2. The Morgan fingerprint density at radius 3 is 2.18 bits per heavy atom. The van der Waals surface area contributed by atoms with Crippen LogP contribution in [0.25, 0.3) is 0 Å². The number of nitrogens with two attached hydrogens (primary N) is 1. The molecule has 0 aliphatic heterocycles. The summed E-state index contributed by atoms with van der Waals surface area (Å²) in [7, 11) is 2.96. The molecule has 7 nitrogen and oxygen atoms in total. The zero-order chi connectivity index (χ0) is 16.5. The number of hydrogen-bond donors (Lipinski definition) is 1. The number of carbonyl (C=O) groups excluding carboxylic acids is 3. The van der Waals surface area contributed by atoms with E-state index < -0.39 is 5.97 Å². The summed E-state index contributed by atoms with van der Waals surface area (Å²) in [5, 5.41) is 0. The molecule has 0 bridgehead atoms. The van der Waals surface area contributed by atoms with Gasteiger partial charge in [-0.1, -0.05) is 30.3 Å². The van der Waals surface area contributed by atoms with E-state index in [1.54, 1.807) is 0 Å². The van der Waals surface area contributed by atoms with Gasteiger partial charge < -0.3 is 20.3 Å². The standard InChI is InChI=1S/C15H21N3O4/c1-17(13(19)8-16)9-14(20)18(2)10-15(21)22-11-12-6-4-3-5-7-12/h3-7H,8-11,16H2,1-2H3. The zero-order valence-corrected chi connectivity index (χ0v) is 12.8. The number of amides is 2. The SMILES string of the molecule is CN(CC(=O)OCc1ccccc1)C(=O)CN(C)C(=O)CN. The fraction of sp³-hybridized carbons (Fsp3) is 0.400. The average Bonchev–Trinajstić information content (AvgIpc) is 2.52. The van der Waals surface area contributed by atoms with Gasteiger partial charge in [0.2, 0.25) is 11.8 Å². The molecule has 0 fully saturated rings. The van der Waals surface area contributed by atoms with Crippen LogP contribution in [0.4, 0.5) is 0 Å². The minimum absolute atomic E-state index is 0.126. The van der Waals surface area contributed by atoms with Gasteiger partial charge in [0.05, 0.1) is 13.1 Å². The molecule has 1 aromatic rings. The fourth-order valence-electron chi connectivity index (χ4n) is 1.63. The predicted molar refractivity (Wildman–Crippen MR) is 80.6 cm³/mol. The lowest BCUT2D eigenvalue weighted by molar-refractivity contribution is -0.150. The van der Waals surface area contributed by atoms with E-state index in [4.69, 9.17) is 10.5 Å². The molecule has 7 heteroatoms. The van der Waals surface area contributed by atoms with E-state index in [1.165, 1.54) is 23.9 Å². The van der Waals surface area contributed by atoms with E-state index in [9.17, 15) is 14.4 Å². The second-order valence-electron chi connectivity index (χ2n) is 4.85. The summed E-state index contributed by atoms with van der Waals surface area (Å²) < 4.78 is 5.09. The van der Waals surface area contributed by atoms with E-state index in [2.05, 4.69) is 0 Å². The Morgan fingerprint density at radius 2 is 1.59 bits per heavy atom. The number of benzene rings is 1. The van der Waals surface area contributed by atoms with Crippen molar-refractivity contribution < 1.29 is 19.1 Å². The maximum Gasteiger partial charge on any atom is 0.325 e. The molecule has 2 N–H and O–H groups in total. The molecule has 1 aromatic carbocycles. The van der Waals surface area contributed by atoms with Crippen molar-refractivity contribution in [3.05, 3.63) is 35.9 Å². The number of carbonyl (C=O) groups is 3. The Labute approximate surface area is 129 Å². The highest BCUT2D eigenvalue weighted by Crippen LogP contribution is 2.01. The van der Waals surface area contributed by atoms with Crippen molar-refractivity contribution in [2.24, 2.45) is 5.73 Å². The van der Waals surface area contributed by atoms with Gasteiger partial charge in [-0.2, -0.15) is 0 Å². The Morgan fingerprint density at radius 1 is 1.00 bits per heavy atom. The van der Waals surface area contributed by atoms with Crippen LogP contribution >= 0.6 is 0 Å². The van der Waals surface area contributed by atoms with Crippen molar-refractivity contribution in [3.8, 4) is 0 Å². The number of rotatable bonds is 7. The lowest BCUT2D eigenvalue weighted by Gasteiger charge is -2.21. The zero-order valence-electron chi connectivity index (χ0n) is 12.8. The van der Waals surface area contributed by atoms with Gasteiger partial charge in [0.15, 0.2) is 0 Å². The Balaban J connectivity index is 2.37. The molecule has 0 aromatic heterocycles. The van der Waals surface area contributed by atoms with Crippen LogP contribution in [0.3, 0.4) is 0 Å². The van der Waals surface area contributed by atoms with Gasteiger partial charge in [0.25, 0.3) is 0 Å². The molecule has 0 aliphatic rings. The van der Waals surface area contributed by atoms with Crippen LogP contribution < -0.4 is 5.73 Å². The molecule has 0 saturated heterocycles. The summed E-state index contributed by atoms with van der Waals surface area (Å²) >= 11 is 0. The quantitative estimate of drug-likeness (QED) is 0.692. The van der Waals surface area contributed by atoms with Crippen molar-refractivity contribution in [1.29, 1.82) is 0 Å². The number of likely N-dealkylation sites (N-methyl/N-ethyl adjacent to an activating group) is 2. The van der Waals surface area contributed by atoms with E-state index in [0.717, 1.165) is 5.56 Å². The van der Waals surface area contributed by atoms with Gasteiger partial charge in [-0.3, -0.25) is 14.4 Å². The van der Waals surface area contributed by atoms with Gasteiger partial charge >= 0.3 is 5.97 Å². The molecule has 0 aliphatic carbocycles. The second-order valence-corrected chi connectivity index (χ2v) is 4.85. The number of hydrogen-bond acceptors (Lipinski definition) is 5. The van der Waals surface area contributed by atoms with Gasteiger partial charge in [-0.15, -0.1) is 0 Å². The van der Waals surface area contributed by atoms with Crippen LogP contribution in [-0.2, 0) is 25.7 Å². The Hall–Kier alpha value is -2.41. The highest BCUT2D eigenvalue weighted by atomic mass is 16.5. The summed E-state index contributed by atoms with van der Waals surface area (Å²) in [6, 6.07) is 9.26. The maximum absolute atomic E-state index is 11.9. The summed E-state index contributed by atoms with van der Waals surface area (Å²) in [6.07, 6.45) is 0. The first-order chi connectivity index (χ1) is 10.4. The van der Waals surface area contributed by atoms with E-state index in [0.29, 0.717) is 0 Å². The van der Waals surface area contributed by atoms with Crippen LogP contribution in [0.15, 0.2) is 30.3 Å². The fourth-order valence-corrected chi connectivity index (χ4v) is 1.63. The first kappa shape index (κ1) is 17.6. The molecule has 0 unspecified atom stereocenters. The van der Waals surface area contributed by atoms with Gasteiger partial charge in [-0.25, -0.2) is 0 Å². The first-order valence-electron chi connectivity index (χ1n) is 6.81. The average molecular weight is 307 g/mol. The molecule has 0 spiro atoms. The maximum atomic E-state index is 11.9. The molecule has 120 valence electrons. The summed E-state index contributed by atoms with van der Waals surface area (Å²) in [5.41, 5.74) is 6.08. The largest absolute Gasteiger partial charge is 0.459 e. The summed E-state index contributed by atoms with van der Waals surface area (Å²) in [5.74, 6) is -1.21. The van der Waals surface area contributed by atoms with Crippen LogP contribution in [0.2, 0.25) is 0 Å². The highest BCUT2D eigenvalue weighted by Gasteiger charge is 2.17. The van der Waals surface area contributed by atoms with E-state index >= 15 is 0 Å². The van der Waals surface area contributed by atoms with Gasteiger partial charge in [-0.05, 0) is 5.56 Å². The lowest BCUT2D eigenvalue weighted by atomic mass is 10.2. The highest BCUT2D eigenvalue weighted by molar-refractivity contribution is 5.87. The molecule has 2 amide bonds. The van der Waals surface area contributed by atoms with Crippen LogP contribution in [-0.4, -0.2) is 61.3 Å². The van der Waals surface area contributed by atoms with E-state index in [1.807, 2.05) is 30.3 Å². The molecule has 0 heterocycles. The molecular weight excluding hydrogens is 286 g/mol. The van der Waals surface area contributed by atoms with Crippen molar-refractivity contribution in [2.45, 2.75) is 6.61 Å². The Kier molecular flexibility index (Phi) is 7.04. The minimum atomic E-state index is -0.507. The predicted octanol–water partition coefficient (Wildman–Crippen LogP) is -0.395. The number of ether oxygens (including phenoxy) is 1. The normalized spacial score (nSPS) is 9.95. The third kappa shape index (κ3) is 5.92. The second kappa shape index (κ2) is 8.78. The number of esters is 1. The van der Waals surface area contributed by atoms with Crippen LogP contribution in [0.5, 0.6) is 0 Å². The van der Waals surface area contributed by atoms with Crippen LogP contribution in [0.1, 0.15) is 5.56 Å². The first-order valence-corrected chi connectivity index (χ1v) is 6.81. The van der Waals surface area contributed by atoms with Crippen molar-refractivity contribution >= 4 is 17.8 Å². The molecule has 0 atom stereocenters. The molecule has 0 radical (unpaired) electrons. The summed E-state index contributed by atoms with van der Waals surface area (Å²) in [6.45, 7) is -0.297. The van der Waals surface area contributed by atoms with Gasteiger partial charge in [0.1, 0.15) is 13.2 Å². The van der Waals surface area contributed by atoms with Crippen molar-refractivity contribution in [3.63, 3.8) is 0 Å². The lowest BCUT2D eigenvalue weighted by Crippen LogP contribution is -2.43. The third-order valence-electron chi connectivity index (χ3n) is 3.01. The third-order valence-corrected chi connectivity index (χ3v) is 3.01. The minimum Gasteiger partial charge on any atom is -0.459 e. The topological polar surface area (TPSA) is 92.9 Å². The molecule has 0 saturated carbocycles.